The van der Waals surface area contributed by atoms with Crippen molar-refractivity contribution in [3.63, 3.8) is 0 Å². The number of rotatable bonds is 3. The van der Waals surface area contributed by atoms with Crippen LogP contribution in [0.1, 0.15) is 27.2 Å². The van der Waals surface area contributed by atoms with Crippen LogP contribution in [0.2, 0.25) is 0 Å². The van der Waals surface area contributed by atoms with Gasteiger partial charge in [0.25, 0.3) is 0 Å². The van der Waals surface area contributed by atoms with Gasteiger partial charge in [-0.15, -0.1) is 0 Å². The third-order valence-electron chi connectivity index (χ3n) is 2.77. The van der Waals surface area contributed by atoms with E-state index in [4.69, 9.17) is 5.11 Å². The Morgan fingerprint density at radius 3 is 2.43 bits per heavy atom. The van der Waals surface area contributed by atoms with Gasteiger partial charge in [-0.3, -0.25) is 4.79 Å². The molecular weight excluding hydrogens is 200 g/mol. The van der Waals surface area contributed by atoms with E-state index in [9.17, 15) is 9.90 Å². The lowest BCUT2D eigenvalue weighted by Gasteiger charge is -2.31. The normalized spacial score (nSPS) is 34.8. The van der Waals surface area contributed by atoms with Crippen LogP contribution in [0, 0.1) is 11.8 Å². The van der Waals surface area contributed by atoms with Crippen molar-refractivity contribution in [3.05, 3.63) is 0 Å². The molecule has 0 amide bonds. The summed E-state index contributed by atoms with van der Waals surface area (Å²) in [6.45, 7) is 5.73. The molecule has 82 valence electrons. The van der Waals surface area contributed by atoms with Gasteiger partial charge in [0.1, 0.15) is 0 Å². The van der Waals surface area contributed by atoms with Crippen LogP contribution in [0.5, 0.6) is 0 Å². The summed E-state index contributed by atoms with van der Waals surface area (Å²) < 4.78 is 0. The molecule has 3 nitrogen and oxygen atoms in total. The van der Waals surface area contributed by atoms with Gasteiger partial charge in [-0.2, -0.15) is 11.8 Å². The Bertz CT molecular complexity index is 229. The van der Waals surface area contributed by atoms with Gasteiger partial charge in [-0.05, 0) is 12.3 Å². The van der Waals surface area contributed by atoms with Crippen molar-refractivity contribution in [3.8, 4) is 0 Å². The lowest BCUT2D eigenvalue weighted by molar-refractivity contribution is -0.153. The summed E-state index contributed by atoms with van der Waals surface area (Å²) in [5, 5.41) is 19.7. The monoisotopic (exact) mass is 218 g/mol. The Labute approximate surface area is 88.9 Å². The molecule has 0 radical (unpaired) electrons. The van der Waals surface area contributed by atoms with Crippen LogP contribution < -0.4 is 0 Å². The van der Waals surface area contributed by atoms with E-state index in [1.165, 1.54) is 0 Å². The van der Waals surface area contributed by atoms with Crippen LogP contribution in [0.4, 0.5) is 0 Å². The Hall–Kier alpha value is -0.220. The van der Waals surface area contributed by atoms with Crippen LogP contribution in [0.25, 0.3) is 0 Å². The highest BCUT2D eigenvalue weighted by molar-refractivity contribution is 8.00. The van der Waals surface area contributed by atoms with Crippen LogP contribution in [-0.2, 0) is 4.79 Å². The number of carboxylic acids is 1. The first-order valence-corrected chi connectivity index (χ1v) is 5.98. The average Bonchev–Trinajstić information content (AvgIpc) is 2.28. The smallest absolute Gasteiger partial charge is 0.309 e. The van der Waals surface area contributed by atoms with E-state index in [-0.39, 0.29) is 5.92 Å². The SMILES string of the molecule is CC1CC(O)(C(C(=O)O)C(C)C)CS1. The molecule has 1 aliphatic rings. The summed E-state index contributed by atoms with van der Waals surface area (Å²) in [6.07, 6.45) is 0.590. The number of aliphatic hydroxyl groups is 1. The van der Waals surface area contributed by atoms with E-state index in [2.05, 4.69) is 0 Å². The van der Waals surface area contributed by atoms with Gasteiger partial charge in [-0.25, -0.2) is 0 Å². The summed E-state index contributed by atoms with van der Waals surface area (Å²) in [4.78, 5) is 11.1. The van der Waals surface area contributed by atoms with Crippen molar-refractivity contribution in [1.82, 2.24) is 0 Å². The first-order chi connectivity index (χ1) is 6.37. The van der Waals surface area contributed by atoms with Gasteiger partial charge < -0.3 is 10.2 Å². The molecule has 0 saturated carbocycles. The van der Waals surface area contributed by atoms with Gasteiger partial charge in [0.05, 0.1) is 11.5 Å². The zero-order valence-electron chi connectivity index (χ0n) is 8.86. The lowest BCUT2D eigenvalue weighted by atomic mass is 9.78. The van der Waals surface area contributed by atoms with E-state index in [0.717, 1.165) is 0 Å². The second kappa shape index (κ2) is 4.11. The number of carbonyl (C=O) groups is 1. The minimum absolute atomic E-state index is 0.0246. The largest absolute Gasteiger partial charge is 0.481 e. The van der Waals surface area contributed by atoms with E-state index in [1.54, 1.807) is 11.8 Å². The summed E-state index contributed by atoms with van der Waals surface area (Å²) in [6, 6.07) is 0. The minimum Gasteiger partial charge on any atom is -0.481 e. The highest BCUT2D eigenvalue weighted by Crippen LogP contribution is 2.41. The Balaban J connectivity index is 2.82. The zero-order valence-corrected chi connectivity index (χ0v) is 9.67. The van der Waals surface area contributed by atoms with Crippen molar-refractivity contribution in [2.45, 2.75) is 38.0 Å². The number of hydrogen-bond acceptors (Lipinski definition) is 3. The third kappa shape index (κ3) is 2.23. The molecule has 0 aromatic heterocycles. The summed E-state index contributed by atoms with van der Waals surface area (Å²) >= 11 is 1.65. The molecule has 14 heavy (non-hydrogen) atoms. The first-order valence-electron chi connectivity index (χ1n) is 4.93. The van der Waals surface area contributed by atoms with Crippen molar-refractivity contribution >= 4 is 17.7 Å². The average molecular weight is 218 g/mol. The summed E-state index contributed by atoms with van der Waals surface area (Å²) in [5.74, 6) is -0.996. The van der Waals surface area contributed by atoms with Gasteiger partial charge >= 0.3 is 5.97 Å². The second-order valence-corrected chi connectivity index (χ2v) is 5.92. The Kier molecular flexibility index (Phi) is 3.48. The standard InChI is InChI=1S/C10H18O3S/c1-6(2)8(9(11)12)10(13)4-7(3)14-5-10/h6-8,13H,4-5H2,1-3H3,(H,11,12). The third-order valence-corrected chi connectivity index (χ3v) is 4.17. The van der Waals surface area contributed by atoms with Crippen LogP contribution in [0.15, 0.2) is 0 Å². The maximum absolute atomic E-state index is 11.1. The molecule has 1 aliphatic heterocycles. The molecule has 0 aromatic carbocycles. The van der Waals surface area contributed by atoms with Crippen molar-refractivity contribution in [2.75, 3.05) is 5.75 Å². The molecule has 1 rings (SSSR count). The van der Waals surface area contributed by atoms with Crippen LogP contribution >= 0.6 is 11.8 Å². The van der Waals surface area contributed by atoms with Crippen LogP contribution in [0.3, 0.4) is 0 Å². The quantitative estimate of drug-likeness (QED) is 0.755. The Morgan fingerprint density at radius 2 is 2.14 bits per heavy atom. The predicted octanol–water partition coefficient (Wildman–Crippen LogP) is 1.60. The fourth-order valence-corrected chi connectivity index (χ4v) is 3.53. The fourth-order valence-electron chi connectivity index (χ4n) is 2.25. The van der Waals surface area contributed by atoms with Crippen molar-refractivity contribution < 1.29 is 15.0 Å². The van der Waals surface area contributed by atoms with E-state index >= 15 is 0 Å². The summed E-state index contributed by atoms with van der Waals surface area (Å²) in [5.41, 5.74) is -1.01. The van der Waals surface area contributed by atoms with Gasteiger partial charge in [0, 0.05) is 11.0 Å². The molecule has 0 spiro atoms. The molecule has 3 unspecified atom stereocenters. The molecule has 0 bridgehead atoms. The molecule has 0 aromatic rings. The maximum Gasteiger partial charge on any atom is 0.309 e. The molecule has 2 N–H and O–H groups in total. The highest BCUT2D eigenvalue weighted by Gasteiger charge is 2.47. The lowest BCUT2D eigenvalue weighted by Crippen LogP contribution is -2.45. The van der Waals surface area contributed by atoms with Crippen LogP contribution in [-0.4, -0.2) is 32.8 Å². The van der Waals surface area contributed by atoms with E-state index in [1.807, 2.05) is 20.8 Å². The van der Waals surface area contributed by atoms with E-state index < -0.39 is 17.5 Å². The Morgan fingerprint density at radius 1 is 1.57 bits per heavy atom. The topological polar surface area (TPSA) is 57.5 Å². The number of thioether (sulfide) groups is 1. The molecule has 1 heterocycles. The summed E-state index contributed by atoms with van der Waals surface area (Å²) in [7, 11) is 0. The molecule has 1 fully saturated rings. The fraction of sp³-hybridized carbons (Fsp3) is 0.900. The molecular formula is C10H18O3S. The van der Waals surface area contributed by atoms with Crippen molar-refractivity contribution in [1.29, 1.82) is 0 Å². The minimum atomic E-state index is -1.01. The molecule has 3 atom stereocenters. The maximum atomic E-state index is 11.1. The first kappa shape index (κ1) is 11.9. The number of aliphatic carboxylic acids is 1. The number of hydrogen-bond donors (Lipinski definition) is 2. The number of carboxylic acid groups (broad SMARTS) is 1. The molecule has 4 heteroatoms. The molecule has 1 saturated heterocycles. The van der Waals surface area contributed by atoms with E-state index in [0.29, 0.717) is 17.4 Å². The highest BCUT2D eigenvalue weighted by atomic mass is 32.2. The van der Waals surface area contributed by atoms with Gasteiger partial charge in [0.15, 0.2) is 0 Å². The van der Waals surface area contributed by atoms with Gasteiger partial charge in [-0.1, -0.05) is 20.8 Å². The van der Waals surface area contributed by atoms with Crippen molar-refractivity contribution in [2.24, 2.45) is 11.8 Å². The zero-order chi connectivity index (χ0) is 10.9. The van der Waals surface area contributed by atoms with Gasteiger partial charge in [0.2, 0.25) is 0 Å². The second-order valence-electron chi connectivity index (χ2n) is 4.49. The molecule has 0 aliphatic carbocycles. The predicted molar refractivity (Wildman–Crippen MR) is 57.5 cm³/mol.